The number of carbonyl (C=O) groups is 1. The van der Waals surface area contributed by atoms with Crippen molar-refractivity contribution in [3.8, 4) is 0 Å². The molecule has 1 aliphatic carbocycles. The van der Waals surface area contributed by atoms with Crippen molar-refractivity contribution >= 4 is 5.97 Å². The Balaban J connectivity index is 1.75. The van der Waals surface area contributed by atoms with Gasteiger partial charge in [-0.15, -0.1) is 0 Å². The van der Waals surface area contributed by atoms with Crippen LogP contribution in [0.2, 0.25) is 0 Å². The lowest BCUT2D eigenvalue weighted by atomic mass is 9.77. The van der Waals surface area contributed by atoms with Gasteiger partial charge >= 0.3 is 5.97 Å². The van der Waals surface area contributed by atoms with Gasteiger partial charge in [0.15, 0.2) is 0 Å². The average molecular weight is 287 g/mol. The molecule has 114 valence electrons. The molecule has 1 N–H and O–H groups in total. The van der Waals surface area contributed by atoms with Crippen LogP contribution in [-0.2, 0) is 9.53 Å². The Labute approximate surface area is 127 Å². The van der Waals surface area contributed by atoms with Crippen LogP contribution in [0.5, 0.6) is 0 Å². The SMILES string of the molecule is O=C(OC1CCNC1)C(c1ccccc1)C1CCCCC1. The highest BCUT2D eigenvalue weighted by atomic mass is 16.5. The number of rotatable bonds is 4. The summed E-state index contributed by atoms with van der Waals surface area (Å²) in [5.74, 6) is 0.358. The fourth-order valence-electron chi connectivity index (χ4n) is 3.69. The zero-order valence-corrected chi connectivity index (χ0v) is 12.6. The molecule has 2 unspecified atom stereocenters. The van der Waals surface area contributed by atoms with Gasteiger partial charge in [-0.1, -0.05) is 49.6 Å². The summed E-state index contributed by atoms with van der Waals surface area (Å²) in [4.78, 5) is 12.7. The quantitative estimate of drug-likeness (QED) is 0.864. The Bertz CT molecular complexity index is 448. The number of esters is 1. The topological polar surface area (TPSA) is 38.3 Å². The summed E-state index contributed by atoms with van der Waals surface area (Å²) in [6.45, 7) is 1.76. The van der Waals surface area contributed by atoms with Gasteiger partial charge in [-0.3, -0.25) is 4.79 Å². The molecule has 1 aromatic carbocycles. The van der Waals surface area contributed by atoms with Gasteiger partial charge < -0.3 is 10.1 Å². The first-order valence-electron chi connectivity index (χ1n) is 8.31. The first-order chi connectivity index (χ1) is 10.3. The number of hydrogen-bond acceptors (Lipinski definition) is 3. The maximum atomic E-state index is 12.7. The average Bonchev–Trinajstić information content (AvgIpc) is 3.02. The van der Waals surface area contributed by atoms with E-state index >= 15 is 0 Å². The summed E-state index contributed by atoms with van der Waals surface area (Å²) >= 11 is 0. The molecule has 2 aliphatic rings. The van der Waals surface area contributed by atoms with E-state index in [1.54, 1.807) is 0 Å². The van der Waals surface area contributed by atoms with Gasteiger partial charge in [0.25, 0.3) is 0 Å². The molecule has 0 radical (unpaired) electrons. The molecule has 0 aromatic heterocycles. The minimum Gasteiger partial charge on any atom is -0.460 e. The van der Waals surface area contributed by atoms with Crippen LogP contribution in [0.3, 0.4) is 0 Å². The Hall–Kier alpha value is -1.35. The first-order valence-corrected chi connectivity index (χ1v) is 8.31. The van der Waals surface area contributed by atoms with E-state index in [4.69, 9.17) is 4.74 Å². The van der Waals surface area contributed by atoms with Crippen molar-refractivity contribution in [2.24, 2.45) is 5.92 Å². The molecule has 3 heteroatoms. The summed E-state index contributed by atoms with van der Waals surface area (Å²) in [6.07, 6.45) is 7.10. The van der Waals surface area contributed by atoms with E-state index in [0.29, 0.717) is 5.92 Å². The number of carbonyl (C=O) groups excluding carboxylic acids is 1. The number of nitrogens with one attached hydrogen (secondary N) is 1. The lowest BCUT2D eigenvalue weighted by Gasteiger charge is -2.30. The van der Waals surface area contributed by atoms with Crippen LogP contribution in [0.25, 0.3) is 0 Å². The molecule has 3 nitrogen and oxygen atoms in total. The second-order valence-corrected chi connectivity index (χ2v) is 6.34. The molecule has 1 heterocycles. The molecule has 1 aliphatic heterocycles. The fraction of sp³-hybridized carbons (Fsp3) is 0.611. The molecule has 1 saturated heterocycles. The second kappa shape index (κ2) is 7.08. The highest BCUT2D eigenvalue weighted by Crippen LogP contribution is 2.37. The van der Waals surface area contributed by atoms with Crippen molar-refractivity contribution in [2.75, 3.05) is 13.1 Å². The fourth-order valence-corrected chi connectivity index (χ4v) is 3.69. The van der Waals surface area contributed by atoms with Crippen LogP contribution in [0.1, 0.15) is 50.0 Å². The van der Waals surface area contributed by atoms with E-state index in [0.717, 1.165) is 37.9 Å². The zero-order valence-electron chi connectivity index (χ0n) is 12.6. The predicted octanol–water partition coefficient (Wildman–Crippen LogP) is 3.26. The smallest absolute Gasteiger partial charge is 0.314 e. The minimum atomic E-state index is -0.0768. The molecule has 21 heavy (non-hydrogen) atoms. The number of benzene rings is 1. The Morgan fingerprint density at radius 1 is 1.10 bits per heavy atom. The van der Waals surface area contributed by atoms with Crippen molar-refractivity contribution < 1.29 is 9.53 Å². The van der Waals surface area contributed by atoms with Gasteiger partial charge in [-0.25, -0.2) is 0 Å². The first kappa shape index (κ1) is 14.6. The molecule has 2 fully saturated rings. The molecular weight excluding hydrogens is 262 g/mol. The lowest BCUT2D eigenvalue weighted by Crippen LogP contribution is -2.30. The minimum absolute atomic E-state index is 0.0122. The number of ether oxygens (including phenoxy) is 1. The third-order valence-corrected chi connectivity index (χ3v) is 4.83. The standard InChI is InChI=1S/C18H25NO2/c20-18(21-16-11-12-19-13-16)17(14-7-3-1-4-8-14)15-9-5-2-6-10-15/h1,3-4,7-8,15-17,19H,2,5-6,9-13H2. The van der Waals surface area contributed by atoms with Crippen LogP contribution in [0, 0.1) is 5.92 Å². The number of hydrogen-bond donors (Lipinski definition) is 1. The van der Waals surface area contributed by atoms with Crippen molar-refractivity contribution in [3.63, 3.8) is 0 Å². The maximum Gasteiger partial charge on any atom is 0.314 e. The van der Waals surface area contributed by atoms with E-state index in [1.807, 2.05) is 18.2 Å². The molecule has 0 amide bonds. The largest absolute Gasteiger partial charge is 0.460 e. The van der Waals surface area contributed by atoms with Gasteiger partial charge in [0.2, 0.25) is 0 Å². The van der Waals surface area contributed by atoms with Crippen molar-refractivity contribution in [1.29, 1.82) is 0 Å². The summed E-state index contributed by atoms with van der Waals surface area (Å²) in [5.41, 5.74) is 1.13. The van der Waals surface area contributed by atoms with E-state index in [9.17, 15) is 4.79 Å². The molecule has 1 saturated carbocycles. The van der Waals surface area contributed by atoms with Crippen LogP contribution in [0.15, 0.2) is 30.3 Å². The Morgan fingerprint density at radius 3 is 2.52 bits per heavy atom. The monoisotopic (exact) mass is 287 g/mol. The van der Waals surface area contributed by atoms with E-state index in [-0.39, 0.29) is 18.0 Å². The van der Waals surface area contributed by atoms with Gasteiger partial charge in [0, 0.05) is 6.54 Å². The Kier molecular flexibility index (Phi) is 4.91. The lowest BCUT2D eigenvalue weighted by molar-refractivity contribution is -0.151. The van der Waals surface area contributed by atoms with Gasteiger partial charge in [-0.05, 0) is 37.3 Å². The zero-order chi connectivity index (χ0) is 14.5. The summed E-state index contributed by atoms with van der Waals surface area (Å²) in [7, 11) is 0. The summed E-state index contributed by atoms with van der Waals surface area (Å²) < 4.78 is 5.78. The highest BCUT2D eigenvalue weighted by molar-refractivity contribution is 5.78. The third-order valence-electron chi connectivity index (χ3n) is 4.83. The van der Waals surface area contributed by atoms with E-state index < -0.39 is 0 Å². The maximum absolute atomic E-state index is 12.7. The van der Waals surface area contributed by atoms with E-state index in [2.05, 4.69) is 17.4 Å². The highest BCUT2D eigenvalue weighted by Gasteiger charge is 2.33. The van der Waals surface area contributed by atoms with E-state index in [1.165, 1.54) is 19.3 Å². The molecule has 0 spiro atoms. The summed E-state index contributed by atoms with van der Waals surface area (Å²) in [5, 5.41) is 3.26. The van der Waals surface area contributed by atoms with Crippen molar-refractivity contribution in [2.45, 2.75) is 50.5 Å². The molecule has 3 rings (SSSR count). The van der Waals surface area contributed by atoms with Gasteiger partial charge in [0.1, 0.15) is 6.10 Å². The second-order valence-electron chi connectivity index (χ2n) is 6.34. The van der Waals surface area contributed by atoms with Crippen LogP contribution in [0.4, 0.5) is 0 Å². The van der Waals surface area contributed by atoms with Crippen molar-refractivity contribution in [1.82, 2.24) is 5.32 Å². The van der Waals surface area contributed by atoms with Crippen molar-refractivity contribution in [3.05, 3.63) is 35.9 Å². The normalized spacial score (nSPS) is 24.7. The Morgan fingerprint density at radius 2 is 1.86 bits per heavy atom. The molecular formula is C18H25NO2. The molecule has 1 aromatic rings. The summed E-state index contributed by atoms with van der Waals surface area (Å²) in [6, 6.07) is 10.2. The molecule has 0 bridgehead atoms. The van der Waals surface area contributed by atoms with Crippen LogP contribution in [-0.4, -0.2) is 25.2 Å². The van der Waals surface area contributed by atoms with Gasteiger partial charge in [-0.2, -0.15) is 0 Å². The molecule has 2 atom stereocenters. The third kappa shape index (κ3) is 3.65. The van der Waals surface area contributed by atoms with Crippen LogP contribution >= 0.6 is 0 Å². The van der Waals surface area contributed by atoms with Crippen LogP contribution < -0.4 is 5.32 Å². The predicted molar refractivity (Wildman–Crippen MR) is 83.1 cm³/mol. The van der Waals surface area contributed by atoms with Gasteiger partial charge in [0.05, 0.1) is 5.92 Å².